The number of hydrogen-bond acceptors (Lipinski definition) is 4. The second kappa shape index (κ2) is 10.2. The molecule has 0 spiro atoms. The number of amides is 1. The van der Waals surface area contributed by atoms with Gasteiger partial charge < -0.3 is 5.32 Å². The number of rotatable bonds is 7. The Hall–Kier alpha value is -3.61. The number of alkyl halides is 6. The maximum absolute atomic E-state index is 13.3. The molecule has 13 heteroatoms. The SMILES string of the molecule is CS(=O)(=O)N(Cc1ccccc1C(F)(F)F)c1ccc(C(=O)NCc2ccc(C(F)(F)F)nc2)cc1. The van der Waals surface area contributed by atoms with Crippen molar-refractivity contribution in [2.45, 2.75) is 25.4 Å². The lowest BCUT2D eigenvalue weighted by Crippen LogP contribution is -2.30. The lowest BCUT2D eigenvalue weighted by Gasteiger charge is -2.24. The van der Waals surface area contributed by atoms with Crippen molar-refractivity contribution >= 4 is 21.6 Å². The Morgan fingerprint density at radius 1 is 0.917 bits per heavy atom. The molecule has 0 radical (unpaired) electrons. The molecule has 0 unspecified atom stereocenters. The largest absolute Gasteiger partial charge is 0.433 e. The number of sulfonamides is 1. The molecule has 0 saturated heterocycles. The molecule has 36 heavy (non-hydrogen) atoms. The standard InChI is InChI=1S/C23H19F6N3O3S/c1-36(34,35)32(14-17-4-2-3-5-19(17)22(24,25)26)18-9-7-16(8-10-18)21(33)31-13-15-6-11-20(30-12-15)23(27,28)29/h2-12H,13-14H2,1H3,(H,31,33). The zero-order chi connectivity index (χ0) is 26.7. The van der Waals surface area contributed by atoms with Gasteiger partial charge in [-0.3, -0.25) is 14.1 Å². The highest BCUT2D eigenvalue weighted by atomic mass is 32.2. The van der Waals surface area contributed by atoms with E-state index in [0.29, 0.717) is 5.56 Å². The predicted octanol–water partition coefficient (Wildman–Crippen LogP) is 5.02. The van der Waals surface area contributed by atoms with Crippen LogP contribution in [0.1, 0.15) is 32.7 Å². The molecule has 6 nitrogen and oxygen atoms in total. The van der Waals surface area contributed by atoms with Crippen LogP contribution >= 0.6 is 0 Å². The lowest BCUT2D eigenvalue weighted by atomic mass is 10.1. The molecule has 1 N–H and O–H groups in total. The second-order valence-corrected chi connectivity index (χ2v) is 9.61. The van der Waals surface area contributed by atoms with Crippen LogP contribution in [0.15, 0.2) is 66.9 Å². The van der Waals surface area contributed by atoms with Crippen molar-refractivity contribution in [2.24, 2.45) is 0 Å². The summed E-state index contributed by atoms with van der Waals surface area (Å²) in [7, 11) is -3.99. The number of anilines is 1. The van der Waals surface area contributed by atoms with Crippen LogP contribution in [0.25, 0.3) is 0 Å². The normalized spacial score (nSPS) is 12.3. The van der Waals surface area contributed by atoms with E-state index in [0.717, 1.165) is 28.9 Å². The lowest BCUT2D eigenvalue weighted by molar-refractivity contribution is -0.141. The highest BCUT2D eigenvalue weighted by Gasteiger charge is 2.34. The van der Waals surface area contributed by atoms with Gasteiger partial charge in [0, 0.05) is 18.3 Å². The van der Waals surface area contributed by atoms with Crippen molar-refractivity contribution in [1.82, 2.24) is 10.3 Å². The molecule has 3 rings (SSSR count). The van der Waals surface area contributed by atoms with Crippen LogP contribution in [-0.2, 0) is 35.5 Å². The molecule has 2 aromatic carbocycles. The summed E-state index contributed by atoms with van der Waals surface area (Å²) in [6, 6.07) is 11.7. The maximum atomic E-state index is 13.3. The summed E-state index contributed by atoms with van der Waals surface area (Å²) in [6.45, 7) is -0.698. The van der Waals surface area contributed by atoms with E-state index in [1.54, 1.807) is 0 Å². The first-order chi connectivity index (χ1) is 16.7. The first kappa shape index (κ1) is 27.0. The zero-order valence-corrected chi connectivity index (χ0v) is 19.4. The molecule has 0 atom stereocenters. The molecule has 192 valence electrons. The molecule has 0 aliphatic carbocycles. The summed E-state index contributed by atoms with van der Waals surface area (Å²) in [5.41, 5.74) is -1.82. The number of pyridine rings is 1. The molecule has 0 bridgehead atoms. The molecule has 1 aromatic heterocycles. The Kier molecular flexibility index (Phi) is 7.62. The van der Waals surface area contributed by atoms with Gasteiger partial charge in [-0.2, -0.15) is 26.3 Å². The first-order valence-corrected chi connectivity index (χ1v) is 12.0. The molecule has 0 saturated carbocycles. The Balaban J connectivity index is 1.75. The topological polar surface area (TPSA) is 79.4 Å². The molecular weight excluding hydrogens is 512 g/mol. The molecule has 0 fully saturated rings. The second-order valence-electron chi connectivity index (χ2n) is 7.70. The van der Waals surface area contributed by atoms with E-state index >= 15 is 0 Å². The van der Waals surface area contributed by atoms with E-state index in [1.807, 2.05) is 0 Å². The van der Waals surface area contributed by atoms with E-state index in [4.69, 9.17) is 0 Å². The fraction of sp³-hybridized carbons (Fsp3) is 0.217. The van der Waals surface area contributed by atoms with Crippen LogP contribution in [0.3, 0.4) is 0 Å². The molecule has 0 aliphatic heterocycles. The van der Waals surface area contributed by atoms with Crippen LogP contribution in [0.4, 0.5) is 32.0 Å². The third kappa shape index (κ3) is 6.74. The van der Waals surface area contributed by atoms with Crippen molar-refractivity contribution in [3.63, 3.8) is 0 Å². The number of carbonyl (C=O) groups excluding carboxylic acids is 1. The van der Waals surface area contributed by atoms with Crippen LogP contribution in [-0.4, -0.2) is 25.6 Å². The van der Waals surface area contributed by atoms with E-state index in [2.05, 4.69) is 10.3 Å². The Bertz CT molecular complexity index is 1320. The maximum Gasteiger partial charge on any atom is 0.433 e. The number of aromatic nitrogens is 1. The number of nitrogens with one attached hydrogen (secondary N) is 1. The van der Waals surface area contributed by atoms with Gasteiger partial charge in [0.15, 0.2) is 0 Å². The first-order valence-electron chi connectivity index (χ1n) is 10.2. The highest BCUT2D eigenvalue weighted by molar-refractivity contribution is 7.92. The Morgan fingerprint density at radius 2 is 1.56 bits per heavy atom. The van der Waals surface area contributed by atoms with Crippen molar-refractivity contribution in [3.05, 3.63) is 94.8 Å². The van der Waals surface area contributed by atoms with Gasteiger partial charge in [-0.15, -0.1) is 0 Å². The van der Waals surface area contributed by atoms with Gasteiger partial charge in [0.05, 0.1) is 24.1 Å². The number of benzene rings is 2. The van der Waals surface area contributed by atoms with Crippen molar-refractivity contribution in [1.29, 1.82) is 0 Å². The van der Waals surface area contributed by atoms with E-state index in [-0.39, 0.29) is 23.4 Å². The monoisotopic (exact) mass is 531 g/mol. The van der Waals surface area contributed by atoms with E-state index < -0.39 is 46.1 Å². The summed E-state index contributed by atoms with van der Waals surface area (Å²) >= 11 is 0. The van der Waals surface area contributed by atoms with Gasteiger partial charge in [0.2, 0.25) is 10.0 Å². The minimum absolute atomic E-state index is 0.0398. The average molecular weight is 531 g/mol. The van der Waals surface area contributed by atoms with Crippen molar-refractivity contribution in [2.75, 3.05) is 10.6 Å². The summed E-state index contributed by atoms with van der Waals surface area (Å²) in [4.78, 5) is 15.7. The molecule has 0 aliphatic rings. The summed E-state index contributed by atoms with van der Waals surface area (Å²) in [5.74, 6) is -0.602. The number of carbonyl (C=O) groups is 1. The van der Waals surface area contributed by atoms with Crippen LogP contribution < -0.4 is 9.62 Å². The van der Waals surface area contributed by atoms with Crippen LogP contribution in [0.2, 0.25) is 0 Å². The third-order valence-corrected chi connectivity index (χ3v) is 6.16. The van der Waals surface area contributed by atoms with Crippen LogP contribution in [0, 0.1) is 0 Å². The number of halogens is 6. The van der Waals surface area contributed by atoms with Gasteiger partial charge in [0.1, 0.15) is 5.69 Å². The predicted molar refractivity (Wildman–Crippen MR) is 119 cm³/mol. The summed E-state index contributed by atoms with van der Waals surface area (Å²) in [5, 5.41) is 2.50. The molecule has 3 aromatic rings. The van der Waals surface area contributed by atoms with Gasteiger partial charge in [-0.25, -0.2) is 8.42 Å². The number of hydrogen-bond donors (Lipinski definition) is 1. The van der Waals surface area contributed by atoms with Crippen molar-refractivity contribution in [3.8, 4) is 0 Å². The summed E-state index contributed by atoms with van der Waals surface area (Å²) < 4.78 is 103. The smallest absolute Gasteiger partial charge is 0.348 e. The van der Waals surface area contributed by atoms with Gasteiger partial charge in [-0.1, -0.05) is 24.3 Å². The fourth-order valence-electron chi connectivity index (χ4n) is 3.25. The van der Waals surface area contributed by atoms with Crippen molar-refractivity contribution < 1.29 is 39.6 Å². The average Bonchev–Trinajstić information content (AvgIpc) is 2.80. The summed E-state index contributed by atoms with van der Waals surface area (Å²) in [6.07, 6.45) is -7.43. The minimum Gasteiger partial charge on any atom is -0.348 e. The number of nitrogens with zero attached hydrogens (tertiary/aromatic N) is 2. The van der Waals surface area contributed by atoms with Gasteiger partial charge >= 0.3 is 12.4 Å². The highest BCUT2D eigenvalue weighted by Crippen LogP contribution is 2.33. The quantitative estimate of drug-likeness (QED) is 0.435. The van der Waals surface area contributed by atoms with Crippen LogP contribution in [0.5, 0.6) is 0 Å². The van der Waals surface area contributed by atoms with Gasteiger partial charge in [-0.05, 0) is 47.5 Å². The Morgan fingerprint density at radius 3 is 2.08 bits per heavy atom. The van der Waals surface area contributed by atoms with E-state index in [1.165, 1.54) is 48.5 Å². The Labute approximate surface area is 202 Å². The minimum atomic E-state index is -4.68. The zero-order valence-electron chi connectivity index (χ0n) is 18.6. The van der Waals surface area contributed by atoms with Gasteiger partial charge in [0.25, 0.3) is 5.91 Å². The molecule has 1 heterocycles. The third-order valence-electron chi connectivity index (χ3n) is 5.02. The molecule has 1 amide bonds. The molecular formula is C23H19F6N3O3S. The van der Waals surface area contributed by atoms with E-state index in [9.17, 15) is 39.6 Å². The fourth-order valence-corrected chi connectivity index (χ4v) is 4.13.